The van der Waals surface area contributed by atoms with Gasteiger partial charge in [0.25, 0.3) is 0 Å². The zero-order valence-electron chi connectivity index (χ0n) is 40.4. The number of halogens is 2. The summed E-state index contributed by atoms with van der Waals surface area (Å²) in [7, 11) is 4.00. The molecule has 1 aliphatic rings. The molecule has 0 aliphatic carbocycles. The minimum absolute atomic E-state index is 0.324. The number of carbonyl (C=O) groups excluding carboxylic acids is 3. The first kappa shape index (κ1) is 50.9. The van der Waals surface area contributed by atoms with E-state index in [0.717, 1.165) is 39.3 Å². The summed E-state index contributed by atoms with van der Waals surface area (Å²) in [6.45, 7) is 1.04. The Labute approximate surface area is 429 Å². The number of carbonyl (C=O) groups is 3. The molecule has 0 amide bonds. The number of hydrogen-bond donors (Lipinski definition) is 0. The first-order chi connectivity index (χ1) is 36.4. The first-order valence-electron chi connectivity index (χ1n) is 22.8. The second-order valence-corrected chi connectivity index (χ2v) is 16.3. The summed E-state index contributed by atoms with van der Waals surface area (Å²) in [6, 6.07) is 45.0. The van der Waals surface area contributed by atoms with E-state index in [0.29, 0.717) is 69.2 Å². The van der Waals surface area contributed by atoms with Crippen LogP contribution in [0, 0.1) is 45.6 Å². The van der Waals surface area contributed by atoms with E-state index < -0.39 is 11.9 Å². The third-order valence-electron chi connectivity index (χ3n) is 11.8. The number of rotatable bonds is 9. The van der Waals surface area contributed by atoms with Gasteiger partial charge >= 0.3 is 17.9 Å². The van der Waals surface area contributed by atoms with E-state index in [1.165, 1.54) is 39.5 Å². The normalized spacial score (nSPS) is 11.0. The van der Waals surface area contributed by atoms with Crippen LogP contribution in [0.1, 0.15) is 47.8 Å². The number of hydrogen-bond acceptors (Lipinski definition) is 11. The molecule has 4 heterocycles. The molecule has 0 spiro atoms. The van der Waals surface area contributed by atoms with Crippen molar-refractivity contribution >= 4 is 17.9 Å². The minimum atomic E-state index is -0.418. The molecule has 0 unspecified atom stereocenters. The summed E-state index contributed by atoms with van der Waals surface area (Å²) in [6.07, 6.45) is 10.5. The van der Waals surface area contributed by atoms with Gasteiger partial charge < -0.3 is 37.4 Å². The van der Waals surface area contributed by atoms with Gasteiger partial charge in [-0.1, -0.05) is 36.4 Å². The topological polar surface area (TPSA) is 184 Å². The Hall–Kier alpha value is -10.5. The van der Waals surface area contributed by atoms with Crippen molar-refractivity contribution in [3.8, 4) is 80.1 Å². The zero-order valence-corrected chi connectivity index (χ0v) is 40.4. The summed E-state index contributed by atoms with van der Waals surface area (Å²) in [5.41, 5.74) is 9.19. The third kappa shape index (κ3) is 11.5. The molecule has 0 radical (unpaired) electrons. The highest BCUT2D eigenvalue weighted by atomic mass is 19.1. The van der Waals surface area contributed by atoms with Gasteiger partial charge in [0, 0.05) is 76.5 Å². The Bertz CT molecular complexity index is 3670. The molecular weight excluding hydrogens is 959 g/mol. The van der Waals surface area contributed by atoms with E-state index in [2.05, 4.69) is 27.7 Å². The molecule has 0 bridgehead atoms. The summed E-state index contributed by atoms with van der Waals surface area (Å²) < 4.78 is 57.7. The summed E-state index contributed by atoms with van der Waals surface area (Å²) in [5.74, 6) is -0.525. The maximum absolute atomic E-state index is 14.0. The lowest BCUT2D eigenvalue weighted by molar-refractivity contribution is 0.0592. The van der Waals surface area contributed by atoms with Crippen molar-refractivity contribution in [1.82, 2.24) is 13.7 Å². The molecule has 14 nitrogen and oxygen atoms in total. The van der Waals surface area contributed by atoms with E-state index in [1.807, 2.05) is 29.0 Å². The molecule has 0 atom stereocenters. The number of benzene rings is 6. The SMILES string of the molecule is COC(=O)c1ccc(-n2cc(C#N)c(-c3ccc(F)cc3)c2)cc1.COC(=O)c1ccc(-n2cc(C#N)c(-c3ccc4c(c3)OCCO4)c2)cc1.COC(=O)c1ccc(-n2cc(C#N)c(-c3ccccc3F)c2)cc1. The van der Waals surface area contributed by atoms with Gasteiger partial charge in [-0.25, -0.2) is 23.2 Å². The lowest BCUT2D eigenvalue weighted by Gasteiger charge is -2.18. The predicted octanol–water partition coefficient (Wildman–Crippen LogP) is 11.5. The van der Waals surface area contributed by atoms with Gasteiger partial charge in [-0.3, -0.25) is 0 Å². The Balaban J connectivity index is 0.000000150. The number of nitriles is 3. The largest absolute Gasteiger partial charge is 0.486 e. The van der Waals surface area contributed by atoms with Crippen LogP contribution in [0.25, 0.3) is 50.4 Å². The highest BCUT2D eigenvalue weighted by Gasteiger charge is 2.18. The molecule has 3 aromatic heterocycles. The van der Waals surface area contributed by atoms with E-state index in [-0.39, 0.29) is 17.6 Å². The minimum Gasteiger partial charge on any atom is -0.486 e. The van der Waals surface area contributed by atoms with Crippen molar-refractivity contribution in [2.75, 3.05) is 34.5 Å². The second-order valence-electron chi connectivity index (χ2n) is 16.3. The Morgan fingerprint density at radius 3 is 1.27 bits per heavy atom. The summed E-state index contributed by atoms with van der Waals surface area (Å²) in [4.78, 5) is 34.5. The molecule has 1 aliphatic heterocycles. The molecule has 75 heavy (non-hydrogen) atoms. The smallest absolute Gasteiger partial charge is 0.337 e. The van der Waals surface area contributed by atoms with Crippen molar-refractivity contribution < 1.29 is 46.8 Å². The lowest BCUT2D eigenvalue weighted by Crippen LogP contribution is -2.15. The van der Waals surface area contributed by atoms with Crippen molar-refractivity contribution in [1.29, 1.82) is 15.8 Å². The number of esters is 3. The Kier molecular flexibility index (Phi) is 15.7. The van der Waals surface area contributed by atoms with Gasteiger partial charge in [0.1, 0.15) is 43.1 Å². The molecule has 370 valence electrons. The van der Waals surface area contributed by atoms with Crippen LogP contribution < -0.4 is 9.47 Å². The molecule has 6 aromatic carbocycles. The van der Waals surface area contributed by atoms with Gasteiger partial charge in [0.15, 0.2) is 11.5 Å². The van der Waals surface area contributed by atoms with Gasteiger partial charge in [-0.05, 0) is 114 Å². The zero-order chi connectivity index (χ0) is 53.0. The van der Waals surface area contributed by atoms with Crippen LogP contribution in [-0.2, 0) is 14.2 Å². The number of fused-ring (bicyclic) bond motifs is 1. The summed E-state index contributed by atoms with van der Waals surface area (Å²) >= 11 is 0. The van der Waals surface area contributed by atoms with Gasteiger partial charge in [-0.2, -0.15) is 15.8 Å². The molecular formula is C59H42F2N6O8. The van der Waals surface area contributed by atoms with Gasteiger partial charge in [-0.15, -0.1) is 0 Å². The highest BCUT2D eigenvalue weighted by molar-refractivity contribution is 5.90. The van der Waals surface area contributed by atoms with Crippen LogP contribution in [0.3, 0.4) is 0 Å². The molecule has 0 fully saturated rings. The quantitative estimate of drug-likeness (QED) is 0.0990. The third-order valence-corrected chi connectivity index (χ3v) is 11.8. The summed E-state index contributed by atoms with van der Waals surface area (Å²) in [5, 5.41) is 28.2. The van der Waals surface area contributed by atoms with Crippen molar-refractivity contribution in [3.05, 3.63) is 222 Å². The van der Waals surface area contributed by atoms with Crippen LogP contribution >= 0.6 is 0 Å². The maximum atomic E-state index is 14.0. The van der Waals surface area contributed by atoms with E-state index in [9.17, 15) is 39.0 Å². The van der Waals surface area contributed by atoms with Crippen molar-refractivity contribution in [2.24, 2.45) is 0 Å². The molecule has 9 aromatic rings. The van der Waals surface area contributed by atoms with E-state index in [4.69, 9.17) is 14.2 Å². The number of aromatic nitrogens is 3. The van der Waals surface area contributed by atoms with Crippen molar-refractivity contribution in [3.63, 3.8) is 0 Å². The van der Waals surface area contributed by atoms with Crippen LogP contribution in [0.15, 0.2) is 177 Å². The van der Waals surface area contributed by atoms with E-state index >= 15 is 0 Å². The van der Waals surface area contributed by atoms with Gasteiger partial charge in [0.05, 0.1) is 54.7 Å². The van der Waals surface area contributed by atoms with Crippen LogP contribution in [-0.4, -0.2) is 66.2 Å². The van der Waals surface area contributed by atoms with E-state index in [1.54, 1.807) is 143 Å². The average molecular weight is 1000 g/mol. The lowest BCUT2D eigenvalue weighted by atomic mass is 10.0. The molecule has 0 saturated carbocycles. The van der Waals surface area contributed by atoms with Crippen molar-refractivity contribution in [2.45, 2.75) is 0 Å². The predicted molar refractivity (Wildman–Crippen MR) is 273 cm³/mol. The molecule has 16 heteroatoms. The molecule has 0 saturated heterocycles. The number of methoxy groups -OCH3 is 3. The maximum Gasteiger partial charge on any atom is 0.337 e. The Morgan fingerprint density at radius 1 is 0.453 bits per heavy atom. The second kappa shape index (κ2) is 23.2. The fourth-order valence-electron chi connectivity index (χ4n) is 7.94. The number of ether oxygens (including phenoxy) is 5. The standard InChI is InChI=1S/C21H16N2O4.2C19H13FN2O2/c1-25-21(24)14-2-5-17(6-3-14)23-12-16(11-22)18(13-23)15-4-7-19-20(10-15)27-9-8-26-19;1-24-19(23)14-4-8-17(9-5-14)22-11-15(10-21)18(12-22)13-2-6-16(20)7-3-13;1-24-19(23)13-6-8-15(9-7-13)22-11-14(10-21)17(12-22)16-4-2-3-5-18(16)20/h2-7,10,12-13H,8-9H2,1H3;2*2-9,11-12H,1H3. The monoisotopic (exact) mass is 1000 g/mol. The van der Waals surface area contributed by atoms with Crippen LogP contribution in [0.4, 0.5) is 8.78 Å². The molecule has 10 rings (SSSR count). The van der Waals surface area contributed by atoms with Gasteiger partial charge in [0.2, 0.25) is 0 Å². The first-order valence-corrected chi connectivity index (χ1v) is 22.8. The fourth-order valence-corrected chi connectivity index (χ4v) is 7.94. The van der Waals surface area contributed by atoms with Crippen LogP contribution in [0.2, 0.25) is 0 Å². The fraction of sp³-hybridized carbons (Fsp3) is 0.0847. The highest BCUT2D eigenvalue weighted by Crippen LogP contribution is 2.37. The average Bonchev–Trinajstić information content (AvgIpc) is 4.23. The van der Waals surface area contributed by atoms with Crippen LogP contribution in [0.5, 0.6) is 11.5 Å². The number of nitrogens with zero attached hydrogens (tertiary/aromatic N) is 6. The molecule has 0 N–H and O–H groups in total. The Morgan fingerprint density at radius 2 is 0.840 bits per heavy atom.